The van der Waals surface area contributed by atoms with E-state index in [0.29, 0.717) is 13.0 Å². The Labute approximate surface area is 126 Å². The zero-order valence-corrected chi connectivity index (χ0v) is 13.1. The fourth-order valence-electron chi connectivity index (χ4n) is 2.75. The third-order valence-electron chi connectivity index (χ3n) is 3.99. The number of amides is 1. The number of aryl methyl sites for hydroxylation is 1. The molecule has 1 aromatic rings. The first-order chi connectivity index (χ1) is 10.1. The topological polar surface area (TPSA) is 71.5 Å². The molecule has 1 aliphatic rings. The Morgan fingerprint density at radius 3 is 2.71 bits per heavy atom. The average molecular weight is 293 g/mol. The van der Waals surface area contributed by atoms with Gasteiger partial charge in [0.15, 0.2) is 0 Å². The van der Waals surface area contributed by atoms with Gasteiger partial charge in [-0.1, -0.05) is 0 Å². The number of hydrogen-bond donors (Lipinski definition) is 2. The van der Waals surface area contributed by atoms with Crippen molar-refractivity contribution in [1.82, 2.24) is 10.2 Å². The fourth-order valence-corrected chi connectivity index (χ4v) is 2.75. The fraction of sp³-hybridized carbons (Fsp3) is 0.688. The number of nitrogens with one attached hydrogen (secondary N) is 1. The van der Waals surface area contributed by atoms with Crippen LogP contribution in [0.4, 0.5) is 0 Å². The standard InChI is InChI=1S/C16H27N3O2/c1-12(17)5-8-16(20)18-11-14(19-9-3-4-10-19)15-7-6-13(2)21-15/h6-7,12,14H,3-5,8-11,17H2,1-2H3,(H,18,20). The predicted molar refractivity (Wildman–Crippen MR) is 82.9 cm³/mol. The summed E-state index contributed by atoms with van der Waals surface area (Å²) in [6.45, 7) is 6.61. The number of likely N-dealkylation sites (tertiary alicyclic amines) is 1. The van der Waals surface area contributed by atoms with Gasteiger partial charge in [-0.2, -0.15) is 0 Å². The van der Waals surface area contributed by atoms with Gasteiger partial charge in [0.05, 0.1) is 6.04 Å². The quantitative estimate of drug-likeness (QED) is 0.806. The Morgan fingerprint density at radius 1 is 1.43 bits per heavy atom. The van der Waals surface area contributed by atoms with Crippen LogP contribution in [0.1, 0.15) is 50.2 Å². The highest BCUT2D eigenvalue weighted by molar-refractivity contribution is 5.75. The Hall–Kier alpha value is -1.33. The van der Waals surface area contributed by atoms with E-state index >= 15 is 0 Å². The highest BCUT2D eigenvalue weighted by atomic mass is 16.3. The van der Waals surface area contributed by atoms with Gasteiger partial charge in [0.1, 0.15) is 11.5 Å². The van der Waals surface area contributed by atoms with Gasteiger partial charge in [0.25, 0.3) is 0 Å². The molecule has 2 heterocycles. The van der Waals surface area contributed by atoms with E-state index < -0.39 is 0 Å². The molecule has 1 fully saturated rings. The van der Waals surface area contributed by atoms with Crippen LogP contribution in [0.2, 0.25) is 0 Å². The van der Waals surface area contributed by atoms with E-state index in [9.17, 15) is 4.79 Å². The van der Waals surface area contributed by atoms with E-state index in [1.807, 2.05) is 26.0 Å². The Bertz CT molecular complexity index is 450. The van der Waals surface area contributed by atoms with Crippen molar-refractivity contribution >= 4 is 5.91 Å². The number of carbonyl (C=O) groups excluding carboxylic acids is 1. The van der Waals surface area contributed by atoms with Gasteiger partial charge in [0.2, 0.25) is 5.91 Å². The summed E-state index contributed by atoms with van der Waals surface area (Å²) >= 11 is 0. The van der Waals surface area contributed by atoms with Gasteiger partial charge >= 0.3 is 0 Å². The highest BCUT2D eigenvalue weighted by Crippen LogP contribution is 2.26. The van der Waals surface area contributed by atoms with Crippen molar-refractivity contribution in [2.24, 2.45) is 5.73 Å². The summed E-state index contributed by atoms with van der Waals surface area (Å²) in [7, 11) is 0. The molecule has 0 aliphatic carbocycles. The average Bonchev–Trinajstić information content (AvgIpc) is 3.09. The second-order valence-electron chi connectivity index (χ2n) is 6.03. The molecule has 2 unspecified atom stereocenters. The predicted octanol–water partition coefficient (Wildman–Crippen LogP) is 1.97. The maximum atomic E-state index is 11.9. The zero-order valence-electron chi connectivity index (χ0n) is 13.1. The van der Waals surface area contributed by atoms with Crippen LogP contribution < -0.4 is 11.1 Å². The van der Waals surface area contributed by atoms with Crippen molar-refractivity contribution in [2.75, 3.05) is 19.6 Å². The first-order valence-corrected chi connectivity index (χ1v) is 7.89. The molecule has 0 bridgehead atoms. The lowest BCUT2D eigenvalue weighted by atomic mass is 10.1. The summed E-state index contributed by atoms with van der Waals surface area (Å²) in [5.74, 6) is 1.93. The molecular formula is C16H27N3O2. The van der Waals surface area contributed by atoms with Crippen LogP contribution >= 0.6 is 0 Å². The Morgan fingerprint density at radius 2 is 2.14 bits per heavy atom. The maximum Gasteiger partial charge on any atom is 0.220 e. The van der Waals surface area contributed by atoms with Crippen molar-refractivity contribution in [3.05, 3.63) is 23.7 Å². The second-order valence-corrected chi connectivity index (χ2v) is 6.03. The van der Waals surface area contributed by atoms with E-state index in [1.54, 1.807) is 0 Å². The van der Waals surface area contributed by atoms with Crippen molar-refractivity contribution < 1.29 is 9.21 Å². The van der Waals surface area contributed by atoms with Crippen molar-refractivity contribution in [2.45, 2.75) is 51.6 Å². The SMILES string of the molecule is Cc1ccc(C(CNC(=O)CCC(C)N)N2CCCC2)o1. The van der Waals surface area contributed by atoms with E-state index in [4.69, 9.17) is 10.2 Å². The van der Waals surface area contributed by atoms with Crippen LogP contribution in [0.5, 0.6) is 0 Å². The molecule has 21 heavy (non-hydrogen) atoms. The largest absolute Gasteiger partial charge is 0.465 e. The summed E-state index contributed by atoms with van der Waals surface area (Å²) in [5.41, 5.74) is 5.69. The number of furan rings is 1. The number of carbonyl (C=O) groups is 1. The lowest BCUT2D eigenvalue weighted by molar-refractivity contribution is -0.121. The number of hydrogen-bond acceptors (Lipinski definition) is 4. The molecule has 118 valence electrons. The Kier molecular flexibility index (Phi) is 5.82. The smallest absolute Gasteiger partial charge is 0.220 e. The number of nitrogens with zero attached hydrogens (tertiary/aromatic N) is 1. The second kappa shape index (κ2) is 7.61. The first kappa shape index (κ1) is 16.0. The van der Waals surface area contributed by atoms with Gasteiger partial charge in [-0.15, -0.1) is 0 Å². The van der Waals surface area contributed by atoms with Crippen LogP contribution in [-0.2, 0) is 4.79 Å². The molecule has 1 amide bonds. The monoisotopic (exact) mass is 293 g/mol. The number of rotatable bonds is 7. The maximum absolute atomic E-state index is 11.9. The van der Waals surface area contributed by atoms with Crippen LogP contribution in [-0.4, -0.2) is 36.5 Å². The molecule has 3 N–H and O–H groups in total. The minimum Gasteiger partial charge on any atom is -0.465 e. The van der Waals surface area contributed by atoms with Crippen molar-refractivity contribution in [1.29, 1.82) is 0 Å². The lowest BCUT2D eigenvalue weighted by Gasteiger charge is -2.26. The van der Waals surface area contributed by atoms with Gasteiger partial charge in [-0.05, 0) is 58.3 Å². The molecule has 1 aliphatic heterocycles. The van der Waals surface area contributed by atoms with E-state index in [2.05, 4.69) is 10.2 Å². The summed E-state index contributed by atoms with van der Waals surface area (Å²) in [4.78, 5) is 14.3. The van der Waals surface area contributed by atoms with Crippen molar-refractivity contribution in [3.63, 3.8) is 0 Å². The third kappa shape index (κ3) is 4.86. The van der Waals surface area contributed by atoms with Crippen molar-refractivity contribution in [3.8, 4) is 0 Å². The van der Waals surface area contributed by atoms with Crippen LogP contribution in [0.25, 0.3) is 0 Å². The molecule has 2 atom stereocenters. The van der Waals surface area contributed by atoms with E-state index in [1.165, 1.54) is 12.8 Å². The third-order valence-corrected chi connectivity index (χ3v) is 3.99. The summed E-state index contributed by atoms with van der Waals surface area (Å²) in [6, 6.07) is 4.21. The Balaban J connectivity index is 1.91. The molecule has 1 aromatic heterocycles. The lowest BCUT2D eigenvalue weighted by Crippen LogP contribution is -2.37. The molecule has 0 aromatic carbocycles. The summed E-state index contributed by atoms with van der Waals surface area (Å²) in [5, 5.41) is 3.03. The first-order valence-electron chi connectivity index (χ1n) is 7.89. The molecule has 5 heteroatoms. The zero-order chi connectivity index (χ0) is 15.2. The molecule has 0 spiro atoms. The van der Waals surface area contributed by atoms with Crippen LogP contribution in [0, 0.1) is 6.92 Å². The molecule has 0 saturated carbocycles. The summed E-state index contributed by atoms with van der Waals surface area (Å²) in [6.07, 6.45) is 3.64. The molecule has 1 saturated heterocycles. The molecule has 0 radical (unpaired) electrons. The number of nitrogens with two attached hydrogens (primary N) is 1. The molecular weight excluding hydrogens is 266 g/mol. The van der Waals surface area contributed by atoms with Gasteiger partial charge < -0.3 is 15.5 Å². The van der Waals surface area contributed by atoms with E-state index in [0.717, 1.165) is 31.0 Å². The highest BCUT2D eigenvalue weighted by Gasteiger charge is 2.26. The molecule has 5 nitrogen and oxygen atoms in total. The summed E-state index contributed by atoms with van der Waals surface area (Å²) < 4.78 is 5.78. The van der Waals surface area contributed by atoms with Gasteiger partial charge in [-0.25, -0.2) is 0 Å². The van der Waals surface area contributed by atoms with Crippen LogP contribution in [0.3, 0.4) is 0 Å². The normalized spacial score (nSPS) is 18.6. The minimum atomic E-state index is 0.0675. The van der Waals surface area contributed by atoms with Gasteiger partial charge in [0, 0.05) is 19.0 Å². The van der Waals surface area contributed by atoms with Crippen LogP contribution in [0.15, 0.2) is 16.5 Å². The minimum absolute atomic E-state index is 0.0675. The van der Waals surface area contributed by atoms with E-state index in [-0.39, 0.29) is 18.0 Å². The van der Waals surface area contributed by atoms with Gasteiger partial charge in [-0.3, -0.25) is 9.69 Å². The molecule has 2 rings (SSSR count).